The molecule has 1 unspecified atom stereocenters. The highest BCUT2D eigenvalue weighted by atomic mass is 16.6. The maximum atomic E-state index is 6.29. The second-order valence-corrected chi connectivity index (χ2v) is 7.14. The molecule has 1 atom stereocenters. The molecule has 8 nitrogen and oxygen atoms in total. The molecule has 1 aromatic carbocycles. The number of benzene rings is 1. The zero-order chi connectivity index (χ0) is 18.8. The summed E-state index contributed by atoms with van der Waals surface area (Å²) < 4.78 is 14.1. The van der Waals surface area contributed by atoms with Crippen LogP contribution in [0.5, 0.6) is 11.5 Å². The van der Waals surface area contributed by atoms with E-state index in [-0.39, 0.29) is 12.2 Å². The second kappa shape index (κ2) is 7.64. The van der Waals surface area contributed by atoms with Gasteiger partial charge in [0.05, 0.1) is 0 Å². The van der Waals surface area contributed by atoms with E-state index in [0.717, 1.165) is 31.1 Å². The summed E-state index contributed by atoms with van der Waals surface area (Å²) in [6.45, 7) is 6.42. The lowest BCUT2D eigenvalue weighted by atomic mass is 10.1. The van der Waals surface area contributed by atoms with E-state index in [1.54, 1.807) is 4.68 Å². The molecule has 1 fully saturated rings. The summed E-state index contributed by atoms with van der Waals surface area (Å²) in [7, 11) is 1.83. The lowest BCUT2D eigenvalue weighted by Gasteiger charge is -2.36. The first-order valence-corrected chi connectivity index (χ1v) is 9.72. The number of aryl methyl sites for hydroxylation is 1. The molecule has 0 amide bonds. The number of hydrogen-bond donors (Lipinski definition) is 1. The normalized spacial score (nSPS) is 19.9. The van der Waals surface area contributed by atoms with Crippen molar-refractivity contribution in [1.29, 1.82) is 0 Å². The Hall–Kier alpha value is -2.48. The van der Waals surface area contributed by atoms with Crippen LogP contribution in [0.15, 0.2) is 18.2 Å². The topological polar surface area (TPSA) is 81.7 Å². The molecule has 1 saturated heterocycles. The van der Waals surface area contributed by atoms with Gasteiger partial charge in [-0.2, -0.15) is 4.98 Å². The highest BCUT2D eigenvalue weighted by molar-refractivity contribution is 5.48. The summed E-state index contributed by atoms with van der Waals surface area (Å²) in [5.74, 6) is 2.59. The largest absolute Gasteiger partial charge is 0.483 e. The molecule has 0 saturated carbocycles. The SMILES string of the molecule is CCN(c1nc(N)nn1C)C1COc2c(CN3CCCCC3)cccc2O1. The Labute approximate surface area is 159 Å². The van der Waals surface area contributed by atoms with Gasteiger partial charge in [-0.3, -0.25) is 4.90 Å². The number of aromatic nitrogens is 3. The van der Waals surface area contributed by atoms with Crippen LogP contribution in [0.2, 0.25) is 0 Å². The van der Waals surface area contributed by atoms with Crippen molar-refractivity contribution in [2.75, 3.05) is 36.9 Å². The fourth-order valence-corrected chi connectivity index (χ4v) is 3.91. The van der Waals surface area contributed by atoms with Gasteiger partial charge in [-0.25, -0.2) is 4.68 Å². The zero-order valence-corrected chi connectivity index (χ0v) is 16.1. The van der Waals surface area contributed by atoms with E-state index in [9.17, 15) is 0 Å². The van der Waals surface area contributed by atoms with Crippen LogP contribution in [0.1, 0.15) is 31.7 Å². The van der Waals surface area contributed by atoms with Crippen LogP contribution in [-0.2, 0) is 13.6 Å². The van der Waals surface area contributed by atoms with Gasteiger partial charge in [-0.15, -0.1) is 5.10 Å². The van der Waals surface area contributed by atoms with Crippen LogP contribution in [0, 0.1) is 0 Å². The molecular weight excluding hydrogens is 344 g/mol. The highest BCUT2D eigenvalue weighted by Crippen LogP contribution is 2.37. The number of piperidine rings is 1. The third kappa shape index (κ3) is 3.66. The number of anilines is 2. The summed E-state index contributed by atoms with van der Waals surface area (Å²) in [5, 5.41) is 4.14. The number of fused-ring (bicyclic) bond motifs is 1. The quantitative estimate of drug-likeness (QED) is 0.860. The van der Waals surface area contributed by atoms with Gasteiger partial charge in [0.15, 0.2) is 11.5 Å². The number of nitrogen functional groups attached to an aromatic ring is 1. The molecule has 0 spiro atoms. The average Bonchev–Trinajstić information content (AvgIpc) is 3.01. The van der Waals surface area contributed by atoms with E-state index in [2.05, 4.69) is 28.0 Å². The van der Waals surface area contributed by atoms with Crippen molar-refractivity contribution in [3.05, 3.63) is 23.8 Å². The number of likely N-dealkylation sites (N-methyl/N-ethyl adjacent to an activating group) is 1. The standard InChI is InChI=1S/C19H28N6O2/c1-3-25(19-21-18(20)22-23(19)2)16-13-26-17-14(8-7-9-15(17)27-16)12-24-10-5-4-6-11-24/h7-9,16H,3-6,10-13H2,1-2H3,(H2,20,22). The molecule has 2 N–H and O–H groups in total. The summed E-state index contributed by atoms with van der Waals surface area (Å²) >= 11 is 0. The maximum absolute atomic E-state index is 6.29. The Morgan fingerprint density at radius 1 is 1.26 bits per heavy atom. The Morgan fingerprint density at radius 3 is 2.78 bits per heavy atom. The Morgan fingerprint density at radius 2 is 2.07 bits per heavy atom. The molecule has 27 heavy (non-hydrogen) atoms. The molecule has 0 bridgehead atoms. The predicted molar refractivity (Wildman–Crippen MR) is 104 cm³/mol. The average molecular weight is 372 g/mol. The molecular formula is C19H28N6O2. The molecule has 2 aromatic rings. The Kier molecular flexibility index (Phi) is 5.07. The van der Waals surface area contributed by atoms with Gasteiger partial charge in [0.1, 0.15) is 6.61 Å². The molecule has 8 heteroatoms. The minimum atomic E-state index is -0.268. The molecule has 2 aliphatic rings. The van der Waals surface area contributed by atoms with E-state index in [1.807, 2.05) is 24.1 Å². The van der Waals surface area contributed by atoms with Gasteiger partial charge in [0.2, 0.25) is 18.1 Å². The van der Waals surface area contributed by atoms with Crippen LogP contribution in [-0.4, -0.2) is 52.1 Å². The fourth-order valence-electron chi connectivity index (χ4n) is 3.91. The van der Waals surface area contributed by atoms with Crippen molar-refractivity contribution < 1.29 is 9.47 Å². The number of ether oxygens (including phenoxy) is 2. The summed E-state index contributed by atoms with van der Waals surface area (Å²) in [6, 6.07) is 6.15. The van der Waals surface area contributed by atoms with Gasteiger partial charge in [-0.1, -0.05) is 18.6 Å². The first-order chi connectivity index (χ1) is 13.2. The zero-order valence-electron chi connectivity index (χ0n) is 16.1. The van der Waals surface area contributed by atoms with Crippen molar-refractivity contribution in [1.82, 2.24) is 19.7 Å². The van der Waals surface area contributed by atoms with E-state index >= 15 is 0 Å². The second-order valence-electron chi connectivity index (χ2n) is 7.14. The van der Waals surface area contributed by atoms with Crippen LogP contribution in [0.4, 0.5) is 11.9 Å². The van der Waals surface area contributed by atoms with Crippen molar-refractivity contribution in [2.24, 2.45) is 7.05 Å². The van der Waals surface area contributed by atoms with Crippen molar-refractivity contribution in [3.8, 4) is 11.5 Å². The molecule has 0 radical (unpaired) electrons. The van der Waals surface area contributed by atoms with E-state index < -0.39 is 0 Å². The minimum Gasteiger partial charge on any atom is -0.483 e. The first-order valence-electron chi connectivity index (χ1n) is 9.72. The predicted octanol–water partition coefficient (Wildman–Crippen LogP) is 2.01. The monoisotopic (exact) mass is 372 g/mol. The number of rotatable bonds is 5. The van der Waals surface area contributed by atoms with Gasteiger partial charge < -0.3 is 20.1 Å². The van der Waals surface area contributed by atoms with E-state index in [4.69, 9.17) is 15.2 Å². The van der Waals surface area contributed by atoms with Gasteiger partial charge in [0.25, 0.3) is 0 Å². The number of hydrogen-bond acceptors (Lipinski definition) is 7. The van der Waals surface area contributed by atoms with Crippen molar-refractivity contribution in [2.45, 2.75) is 39.0 Å². The third-order valence-electron chi connectivity index (χ3n) is 5.24. The van der Waals surface area contributed by atoms with E-state index in [0.29, 0.717) is 19.1 Å². The molecule has 4 rings (SSSR count). The van der Waals surface area contributed by atoms with Crippen LogP contribution < -0.4 is 20.1 Å². The maximum Gasteiger partial charge on any atom is 0.241 e. The Bertz CT molecular complexity index is 787. The lowest BCUT2D eigenvalue weighted by Crippen LogP contribution is -2.47. The van der Waals surface area contributed by atoms with Gasteiger partial charge in [-0.05, 0) is 38.9 Å². The lowest BCUT2D eigenvalue weighted by molar-refractivity contribution is 0.0847. The molecule has 146 valence electrons. The van der Waals surface area contributed by atoms with Crippen LogP contribution in [0.25, 0.3) is 0 Å². The fraction of sp³-hybridized carbons (Fsp3) is 0.579. The molecule has 1 aromatic heterocycles. The van der Waals surface area contributed by atoms with Gasteiger partial charge >= 0.3 is 0 Å². The third-order valence-corrected chi connectivity index (χ3v) is 5.24. The number of para-hydroxylation sites is 1. The Balaban J connectivity index is 1.52. The number of nitrogens with two attached hydrogens (primary N) is 1. The summed E-state index contributed by atoms with van der Waals surface area (Å²) in [6.07, 6.45) is 3.63. The first kappa shape index (κ1) is 17.9. The van der Waals surface area contributed by atoms with Crippen molar-refractivity contribution >= 4 is 11.9 Å². The molecule has 0 aliphatic carbocycles. The van der Waals surface area contributed by atoms with E-state index in [1.165, 1.54) is 24.8 Å². The highest BCUT2D eigenvalue weighted by Gasteiger charge is 2.30. The smallest absolute Gasteiger partial charge is 0.241 e. The summed E-state index contributed by atoms with van der Waals surface area (Å²) in [4.78, 5) is 8.83. The van der Waals surface area contributed by atoms with Crippen LogP contribution >= 0.6 is 0 Å². The molecule has 3 heterocycles. The number of nitrogens with zero attached hydrogens (tertiary/aromatic N) is 5. The number of likely N-dealkylation sites (tertiary alicyclic amines) is 1. The van der Waals surface area contributed by atoms with Crippen LogP contribution in [0.3, 0.4) is 0 Å². The molecule has 2 aliphatic heterocycles. The summed E-state index contributed by atoms with van der Waals surface area (Å²) in [5.41, 5.74) is 6.93. The van der Waals surface area contributed by atoms with Gasteiger partial charge in [0, 0.05) is 25.7 Å². The minimum absolute atomic E-state index is 0.256. The van der Waals surface area contributed by atoms with Crippen molar-refractivity contribution in [3.63, 3.8) is 0 Å².